The number of rotatable bonds is 14. The van der Waals surface area contributed by atoms with E-state index in [1.807, 2.05) is 48.6 Å². The van der Waals surface area contributed by atoms with E-state index in [1.165, 1.54) is 11.1 Å². The lowest BCUT2D eigenvalue weighted by Gasteiger charge is -2.31. The second-order valence-electron chi connectivity index (χ2n) is 15.8. The molecule has 2 aliphatic rings. The Morgan fingerprint density at radius 3 is 2.00 bits per heavy atom. The molecule has 0 fully saturated rings. The topological polar surface area (TPSA) is 93.6 Å². The Kier molecular flexibility index (Phi) is 10.8. The fourth-order valence-electron chi connectivity index (χ4n) is 9.50. The van der Waals surface area contributed by atoms with Gasteiger partial charge in [-0.1, -0.05) is 115 Å². The van der Waals surface area contributed by atoms with Crippen LogP contribution >= 0.6 is 0 Å². The first kappa shape index (κ1) is 38.8. The van der Waals surface area contributed by atoms with E-state index in [0.29, 0.717) is 31.4 Å². The van der Waals surface area contributed by atoms with Gasteiger partial charge in [0.25, 0.3) is 6.47 Å². The van der Waals surface area contributed by atoms with Crippen molar-refractivity contribution in [3.05, 3.63) is 191 Å². The molecule has 2 unspecified atom stereocenters. The summed E-state index contributed by atoms with van der Waals surface area (Å²) in [4.78, 5) is 25.6. The number of allylic oxidation sites excluding steroid dienone is 6. The van der Waals surface area contributed by atoms with Gasteiger partial charge in [0.15, 0.2) is 12.3 Å². The average Bonchev–Trinajstić information content (AvgIpc) is 3.63. The number of fused-ring (bicyclic) bond motifs is 6. The van der Waals surface area contributed by atoms with Gasteiger partial charge in [0, 0.05) is 34.5 Å². The van der Waals surface area contributed by atoms with E-state index >= 15 is 0 Å². The summed E-state index contributed by atoms with van der Waals surface area (Å²) in [7, 11) is 0. The highest BCUT2D eigenvalue weighted by molar-refractivity contribution is 6.08. The maximum atomic E-state index is 12.1. The summed E-state index contributed by atoms with van der Waals surface area (Å²) in [6, 6.07) is 48.5. The molecule has 2 aliphatic heterocycles. The number of nitriles is 1. The monoisotopic (exact) mass is 776 g/mol. The Labute approximate surface area is 345 Å². The van der Waals surface area contributed by atoms with Crippen LogP contribution in [0.3, 0.4) is 0 Å². The Hall–Kier alpha value is -7.04. The second kappa shape index (κ2) is 16.4. The first-order valence-corrected chi connectivity index (χ1v) is 20.1. The lowest BCUT2D eigenvalue weighted by molar-refractivity contribution is -0.436. The lowest BCUT2D eigenvalue weighted by atomic mass is 9.73. The number of nitrogens with zero attached hydrogens (tertiary/aromatic N) is 3. The minimum Gasteiger partial charge on any atom is -0.481 e. The number of carbonyl (C=O) groups excluding carboxylic acids is 1. The molecule has 7 nitrogen and oxygen atoms in total. The van der Waals surface area contributed by atoms with Crippen molar-refractivity contribution in [3.8, 4) is 6.07 Å². The molecule has 0 radical (unpaired) electrons. The predicted octanol–water partition coefficient (Wildman–Crippen LogP) is 10.2. The Bertz CT molecular complexity index is 2740. The van der Waals surface area contributed by atoms with Crippen molar-refractivity contribution in [1.82, 2.24) is 0 Å². The second-order valence-corrected chi connectivity index (χ2v) is 15.8. The molecule has 6 aromatic rings. The Morgan fingerprint density at radius 1 is 0.780 bits per heavy atom. The van der Waals surface area contributed by atoms with Crippen LogP contribution in [0.5, 0.6) is 0 Å². The van der Waals surface area contributed by atoms with Gasteiger partial charge in [-0.2, -0.15) is 9.84 Å². The van der Waals surface area contributed by atoms with E-state index in [1.54, 1.807) is 0 Å². The predicted molar refractivity (Wildman–Crippen MR) is 235 cm³/mol. The molecule has 8 rings (SSSR count). The van der Waals surface area contributed by atoms with Crippen LogP contribution in [0, 0.1) is 11.3 Å². The molecule has 2 atom stereocenters. The summed E-state index contributed by atoms with van der Waals surface area (Å²) in [6.45, 7) is 5.89. The number of hydrogen-bond acceptors (Lipinski definition) is 5. The van der Waals surface area contributed by atoms with Crippen LogP contribution in [0.4, 0.5) is 11.4 Å². The number of aliphatic carboxylic acids is 1. The van der Waals surface area contributed by atoms with E-state index < -0.39 is 16.8 Å². The van der Waals surface area contributed by atoms with Crippen molar-refractivity contribution in [3.63, 3.8) is 0 Å². The molecule has 7 heteroatoms. The molecule has 0 amide bonds. The van der Waals surface area contributed by atoms with Crippen LogP contribution in [0.25, 0.3) is 21.5 Å². The minimum absolute atomic E-state index is 0.0447. The van der Waals surface area contributed by atoms with Gasteiger partial charge in [0.1, 0.15) is 13.0 Å². The zero-order chi connectivity index (χ0) is 41.0. The van der Waals surface area contributed by atoms with Crippen LogP contribution in [-0.2, 0) is 38.0 Å². The maximum absolute atomic E-state index is 12.1. The number of carbonyl (C=O) groups is 2. The molecule has 2 heterocycles. The van der Waals surface area contributed by atoms with E-state index in [2.05, 4.69) is 139 Å². The Balaban J connectivity index is 1.27. The molecular weight excluding hydrogens is 731 g/mol. The number of anilines is 1. The van der Waals surface area contributed by atoms with E-state index in [9.17, 15) is 20.0 Å². The highest BCUT2D eigenvalue weighted by Crippen LogP contribution is 2.53. The SMILES string of the molecule is CC1(Cc2ccccc2)C(/C=C/C(C#N)=C/C=C2/N(CCOC=O)c3ccc4ccccc4c3C2(C)Cc2ccccc2)=[N+](CCC(=O)O)c2ccc3ccccc3c21. The number of ether oxygens (including phenoxy) is 1. The molecule has 59 heavy (non-hydrogen) atoms. The molecular formula is C52H46N3O4+. The van der Waals surface area contributed by atoms with Crippen LogP contribution in [0.1, 0.15) is 42.5 Å². The highest BCUT2D eigenvalue weighted by Gasteiger charge is 2.49. The first-order chi connectivity index (χ1) is 28.7. The zero-order valence-corrected chi connectivity index (χ0v) is 33.3. The van der Waals surface area contributed by atoms with Crippen molar-refractivity contribution in [2.45, 2.75) is 43.9 Å². The molecule has 0 saturated heterocycles. The molecule has 0 bridgehead atoms. The molecule has 292 valence electrons. The first-order valence-electron chi connectivity index (χ1n) is 20.1. The van der Waals surface area contributed by atoms with E-state index in [-0.39, 0.29) is 19.6 Å². The van der Waals surface area contributed by atoms with Crippen molar-refractivity contribution >= 4 is 51.1 Å². The zero-order valence-electron chi connectivity index (χ0n) is 33.3. The summed E-state index contributed by atoms with van der Waals surface area (Å²) in [5.74, 6) is -0.872. The third-order valence-electron chi connectivity index (χ3n) is 12.0. The summed E-state index contributed by atoms with van der Waals surface area (Å²) in [5, 5.41) is 25.2. The van der Waals surface area contributed by atoms with Crippen LogP contribution in [-0.4, -0.2) is 47.5 Å². The number of hydrogen-bond donors (Lipinski definition) is 1. The highest BCUT2D eigenvalue weighted by atomic mass is 16.5. The van der Waals surface area contributed by atoms with Gasteiger partial charge in [-0.3, -0.25) is 9.59 Å². The van der Waals surface area contributed by atoms with Crippen LogP contribution in [0.15, 0.2) is 169 Å². The van der Waals surface area contributed by atoms with E-state index in [4.69, 9.17) is 4.74 Å². The molecule has 1 N–H and O–H groups in total. The largest absolute Gasteiger partial charge is 0.481 e. The third kappa shape index (κ3) is 7.35. The summed E-state index contributed by atoms with van der Waals surface area (Å²) in [5.41, 5.74) is 8.01. The number of benzene rings is 6. The number of carboxylic acids is 1. The van der Waals surface area contributed by atoms with Crippen molar-refractivity contribution in [2.24, 2.45) is 0 Å². The quantitative estimate of drug-likeness (QED) is 0.0389. The molecule has 0 aromatic heterocycles. The molecule has 0 saturated carbocycles. The fraction of sp³-hybridized carbons (Fsp3) is 0.192. The molecule has 6 aromatic carbocycles. The standard InChI is InChI=1S/C52H45N3O4/c1-51(33-37-13-5-3-6-14-37)46(54(30-29-48(57)58)44-25-23-40-17-9-11-19-42(40)49(44)51)27-21-39(35-53)22-28-47-52(2,34-38-15-7-4-8-16-38)50-43-20-12-10-18-41(43)24-26-45(50)55(47)31-32-59-36-56/h3-28,36H,29-34H2,1-2H3/p+1. The summed E-state index contributed by atoms with van der Waals surface area (Å²) >= 11 is 0. The average molecular weight is 777 g/mol. The van der Waals surface area contributed by atoms with Crippen LogP contribution < -0.4 is 4.90 Å². The van der Waals surface area contributed by atoms with Crippen molar-refractivity contribution in [1.29, 1.82) is 5.26 Å². The van der Waals surface area contributed by atoms with Crippen molar-refractivity contribution < 1.29 is 24.0 Å². The Morgan fingerprint density at radius 2 is 1.37 bits per heavy atom. The van der Waals surface area contributed by atoms with Crippen molar-refractivity contribution in [2.75, 3.05) is 24.6 Å². The minimum atomic E-state index is -0.872. The van der Waals surface area contributed by atoms with Gasteiger partial charge in [0.05, 0.1) is 23.6 Å². The van der Waals surface area contributed by atoms with Gasteiger partial charge in [0.2, 0.25) is 5.69 Å². The van der Waals surface area contributed by atoms with Gasteiger partial charge in [-0.15, -0.1) is 0 Å². The third-order valence-corrected chi connectivity index (χ3v) is 12.0. The number of carboxylic acid groups (broad SMARTS) is 1. The maximum Gasteiger partial charge on any atom is 0.309 e. The summed E-state index contributed by atoms with van der Waals surface area (Å²) in [6.07, 6.45) is 9.15. The van der Waals surface area contributed by atoms with Gasteiger partial charge >= 0.3 is 5.97 Å². The summed E-state index contributed by atoms with van der Waals surface area (Å²) < 4.78 is 7.39. The van der Waals surface area contributed by atoms with Gasteiger partial charge in [-0.25, -0.2) is 0 Å². The smallest absolute Gasteiger partial charge is 0.309 e. The molecule has 0 aliphatic carbocycles. The lowest BCUT2D eigenvalue weighted by Crippen LogP contribution is -2.34. The molecule has 0 spiro atoms. The van der Waals surface area contributed by atoms with Crippen LogP contribution in [0.2, 0.25) is 0 Å². The van der Waals surface area contributed by atoms with Gasteiger partial charge in [-0.05, 0) is 95.3 Å². The van der Waals surface area contributed by atoms with Gasteiger partial charge < -0.3 is 14.7 Å². The van der Waals surface area contributed by atoms with E-state index in [0.717, 1.165) is 55.5 Å². The normalized spacial score (nSPS) is 19.4. The fourth-order valence-corrected chi connectivity index (χ4v) is 9.50.